The van der Waals surface area contributed by atoms with Crippen molar-refractivity contribution in [2.45, 2.75) is 45.1 Å². The van der Waals surface area contributed by atoms with Gasteiger partial charge in [-0.1, -0.05) is 32.9 Å². The summed E-state index contributed by atoms with van der Waals surface area (Å²) in [6.45, 7) is 8.55. The molecule has 3 nitrogen and oxygen atoms in total. The van der Waals surface area contributed by atoms with E-state index in [1.165, 1.54) is 5.56 Å². The number of hydrogen-bond acceptors (Lipinski definition) is 4. The standard InChI is InChI=1S/C17H24N2OS/c1-16(2,3)14-11-21-15(19-14)17(4,18)10-12-6-8-13(20-5)9-7-12/h6-9,11H,10,18H2,1-5H3. The summed E-state index contributed by atoms with van der Waals surface area (Å²) in [4.78, 5) is 4.75. The number of nitrogens with zero attached hydrogens (tertiary/aromatic N) is 1. The number of hydrogen-bond donors (Lipinski definition) is 1. The van der Waals surface area contributed by atoms with E-state index in [2.05, 4.69) is 38.3 Å². The summed E-state index contributed by atoms with van der Waals surface area (Å²) in [5, 5.41) is 3.11. The summed E-state index contributed by atoms with van der Waals surface area (Å²) in [7, 11) is 1.67. The van der Waals surface area contributed by atoms with Gasteiger partial charge in [-0.25, -0.2) is 4.98 Å². The maximum atomic E-state index is 6.51. The molecule has 2 N–H and O–H groups in total. The van der Waals surface area contributed by atoms with Crippen LogP contribution in [0.1, 0.15) is 44.0 Å². The Morgan fingerprint density at radius 2 is 1.76 bits per heavy atom. The first-order chi connectivity index (χ1) is 9.72. The van der Waals surface area contributed by atoms with Crippen LogP contribution in [0.3, 0.4) is 0 Å². The molecule has 1 atom stereocenters. The highest BCUT2D eigenvalue weighted by Crippen LogP contribution is 2.30. The number of aromatic nitrogens is 1. The third-order valence-corrected chi connectivity index (χ3v) is 4.61. The zero-order valence-corrected chi connectivity index (χ0v) is 14.3. The molecule has 0 fully saturated rings. The predicted molar refractivity (Wildman–Crippen MR) is 89.1 cm³/mol. The van der Waals surface area contributed by atoms with Crippen molar-refractivity contribution in [3.05, 3.63) is 45.9 Å². The average molecular weight is 304 g/mol. The lowest BCUT2D eigenvalue weighted by atomic mass is 9.92. The van der Waals surface area contributed by atoms with Crippen LogP contribution in [0.2, 0.25) is 0 Å². The molecular formula is C17H24N2OS. The highest BCUT2D eigenvalue weighted by molar-refractivity contribution is 7.09. The van der Waals surface area contributed by atoms with Gasteiger partial charge in [-0.05, 0) is 31.0 Å². The van der Waals surface area contributed by atoms with E-state index in [0.717, 1.165) is 22.9 Å². The molecule has 0 spiro atoms. The van der Waals surface area contributed by atoms with Gasteiger partial charge in [-0.2, -0.15) is 0 Å². The topological polar surface area (TPSA) is 48.1 Å². The smallest absolute Gasteiger partial charge is 0.118 e. The average Bonchev–Trinajstić information content (AvgIpc) is 2.89. The van der Waals surface area contributed by atoms with Crippen molar-refractivity contribution in [2.24, 2.45) is 5.73 Å². The number of nitrogens with two attached hydrogens (primary N) is 1. The number of methoxy groups -OCH3 is 1. The van der Waals surface area contributed by atoms with Crippen molar-refractivity contribution in [1.82, 2.24) is 4.98 Å². The van der Waals surface area contributed by atoms with Gasteiger partial charge >= 0.3 is 0 Å². The molecule has 0 saturated heterocycles. The van der Waals surface area contributed by atoms with Gasteiger partial charge in [0.2, 0.25) is 0 Å². The molecule has 1 aromatic heterocycles. The fourth-order valence-electron chi connectivity index (χ4n) is 2.12. The van der Waals surface area contributed by atoms with E-state index in [1.54, 1.807) is 18.4 Å². The van der Waals surface area contributed by atoms with E-state index in [9.17, 15) is 0 Å². The molecule has 0 amide bonds. The number of thiazole rings is 1. The summed E-state index contributed by atoms with van der Waals surface area (Å²) in [6, 6.07) is 8.05. The SMILES string of the molecule is COc1ccc(CC(C)(N)c2nc(C(C)(C)C)cs2)cc1. The van der Waals surface area contributed by atoms with Crippen LogP contribution in [0.4, 0.5) is 0 Å². The van der Waals surface area contributed by atoms with Gasteiger partial charge in [-0.3, -0.25) is 0 Å². The Bertz CT molecular complexity index is 594. The Labute approximate surface area is 131 Å². The Morgan fingerprint density at radius 1 is 1.14 bits per heavy atom. The second kappa shape index (κ2) is 5.78. The minimum absolute atomic E-state index is 0.0605. The van der Waals surface area contributed by atoms with E-state index >= 15 is 0 Å². The molecule has 21 heavy (non-hydrogen) atoms. The molecular weight excluding hydrogens is 280 g/mol. The normalized spacial score (nSPS) is 14.8. The van der Waals surface area contributed by atoms with Gasteiger partial charge in [0.05, 0.1) is 18.3 Å². The summed E-state index contributed by atoms with van der Waals surface area (Å²) in [6.07, 6.45) is 0.758. The van der Waals surface area contributed by atoms with Crippen molar-refractivity contribution < 1.29 is 4.74 Å². The lowest BCUT2D eigenvalue weighted by molar-refractivity contribution is 0.414. The quantitative estimate of drug-likeness (QED) is 0.933. The Kier molecular flexibility index (Phi) is 4.40. The van der Waals surface area contributed by atoms with Crippen molar-refractivity contribution >= 4 is 11.3 Å². The second-order valence-corrected chi connectivity index (χ2v) is 7.59. The first-order valence-electron chi connectivity index (χ1n) is 7.11. The second-order valence-electron chi connectivity index (χ2n) is 6.73. The summed E-state index contributed by atoms with van der Waals surface area (Å²) in [5.74, 6) is 0.863. The largest absolute Gasteiger partial charge is 0.497 e. The molecule has 0 aliphatic carbocycles. The number of benzene rings is 1. The van der Waals surface area contributed by atoms with Gasteiger partial charge in [-0.15, -0.1) is 11.3 Å². The first-order valence-corrected chi connectivity index (χ1v) is 7.98. The van der Waals surface area contributed by atoms with Gasteiger partial charge in [0.15, 0.2) is 0 Å². The summed E-state index contributed by atoms with van der Waals surface area (Å²) < 4.78 is 5.18. The van der Waals surface area contributed by atoms with Crippen LogP contribution < -0.4 is 10.5 Å². The van der Waals surface area contributed by atoms with Crippen molar-refractivity contribution in [1.29, 1.82) is 0 Å². The maximum Gasteiger partial charge on any atom is 0.118 e. The fraction of sp³-hybridized carbons (Fsp3) is 0.471. The molecule has 1 aromatic carbocycles. The van der Waals surface area contributed by atoms with Gasteiger partial charge in [0.25, 0.3) is 0 Å². The van der Waals surface area contributed by atoms with Crippen LogP contribution >= 0.6 is 11.3 Å². The van der Waals surface area contributed by atoms with Crippen molar-refractivity contribution in [2.75, 3.05) is 7.11 Å². The van der Waals surface area contributed by atoms with Crippen molar-refractivity contribution in [3.63, 3.8) is 0 Å². The maximum absolute atomic E-state index is 6.51. The fourth-order valence-corrected chi connectivity index (χ4v) is 3.25. The van der Waals surface area contributed by atoms with Crippen LogP contribution in [0.15, 0.2) is 29.6 Å². The van der Waals surface area contributed by atoms with E-state index in [-0.39, 0.29) is 5.41 Å². The molecule has 1 unspecified atom stereocenters. The zero-order valence-electron chi connectivity index (χ0n) is 13.4. The molecule has 0 saturated carbocycles. The third kappa shape index (κ3) is 3.83. The minimum Gasteiger partial charge on any atom is -0.497 e. The van der Waals surface area contributed by atoms with Gasteiger partial charge in [0.1, 0.15) is 10.8 Å². The highest BCUT2D eigenvalue weighted by atomic mass is 32.1. The zero-order chi connectivity index (χ0) is 15.7. The minimum atomic E-state index is -0.456. The molecule has 2 rings (SSSR count). The molecule has 0 radical (unpaired) electrons. The Hall–Kier alpha value is -1.39. The van der Waals surface area contributed by atoms with E-state index in [4.69, 9.17) is 15.5 Å². The van der Waals surface area contributed by atoms with E-state index < -0.39 is 5.54 Å². The Morgan fingerprint density at radius 3 is 2.24 bits per heavy atom. The lowest BCUT2D eigenvalue weighted by Crippen LogP contribution is -2.35. The first kappa shape index (κ1) is 16.0. The van der Waals surface area contributed by atoms with Gasteiger partial charge in [0, 0.05) is 10.8 Å². The summed E-state index contributed by atoms with van der Waals surface area (Å²) in [5.41, 5.74) is 8.41. The molecule has 1 heterocycles. The Balaban J connectivity index is 2.18. The molecule has 0 aliphatic rings. The molecule has 0 aliphatic heterocycles. The molecule has 114 valence electrons. The monoisotopic (exact) mass is 304 g/mol. The summed E-state index contributed by atoms with van der Waals surface area (Å²) >= 11 is 1.65. The van der Waals surface area contributed by atoms with Crippen LogP contribution in [-0.2, 0) is 17.4 Å². The van der Waals surface area contributed by atoms with Crippen molar-refractivity contribution in [3.8, 4) is 5.75 Å². The number of ether oxygens (including phenoxy) is 1. The highest BCUT2D eigenvalue weighted by Gasteiger charge is 2.27. The molecule has 0 bridgehead atoms. The van der Waals surface area contributed by atoms with Crippen LogP contribution in [0, 0.1) is 0 Å². The van der Waals surface area contributed by atoms with Crippen LogP contribution in [0.25, 0.3) is 0 Å². The van der Waals surface area contributed by atoms with Crippen LogP contribution in [0.5, 0.6) is 5.75 Å². The third-order valence-electron chi connectivity index (χ3n) is 3.49. The molecule has 2 aromatic rings. The molecule has 4 heteroatoms. The van der Waals surface area contributed by atoms with E-state index in [1.807, 2.05) is 19.1 Å². The lowest BCUT2D eigenvalue weighted by Gasteiger charge is -2.23. The predicted octanol–water partition coefficient (Wildman–Crippen LogP) is 3.87. The van der Waals surface area contributed by atoms with E-state index in [0.29, 0.717) is 0 Å². The van der Waals surface area contributed by atoms with Gasteiger partial charge < -0.3 is 10.5 Å². The van der Waals surface area contributed by atoms with Crippen LogP contribution in [-0.4, -0.2) is 12.1 Å². The number of rotatable bonds is 4.